The summed E-state index contributed by atoms with van der Waals surface area (Å²) >= 11 is 0. The Balaban J connectivity index is 0.00000338. The number of hydrogen-bond acceptors (Lipinski definition) is 4. The zero-order valence-electron chi connectivity index (χ0n) is 15.3. The largest absolute Gasteiger partial charge is 1.00 e. The van der Waals surface area contributed by atoms with Crippen LogP contribution in [0.2, 0.25) is 0 Å². The van der Waals surface area contributed by atoms with Crippen LogP contribution >= 0.6 is 0 Å². The number of ether oxygens (including phenoxy) is 1. The Hall–Kier alpha value is -1.05. The molecule has 0 aliphatic rings. The van der Waals surface area contributed by atoms with Crippen molar-refractivity contribution in [1.82, 2.24) is 0 Å². The standard InChI is InChI=1S/C19H24O5S.Na/c1-2-3-4-5-6-7-15-12-18(14-19(13-15)25(21,22)23)24-17-10-8-16(20)9-11-17;/h8-14,20H,2-7H2,1H3,(H,21,22,23);/q;+1/p-1. The van der Waals surface area contributed by atoms with Gasteiger partial charge in [0.05, 0.1) is 4.90 Å². The van der Waals surface area contributed by atoms with Gasteiger partial charge in [0.25, 0.3) is 10.1 Å². The summed E-state index contributed by atoms with van der Waals surface area (Å²) in [6.45, 7) is 2.15. The van der Waals surface area contributed by atoms with E-state index in [0.717, 1.165) is 24.8 Å². The van der Waals surface area contributed by atoms with E-state index in [1.165, 1.54) is 49.2 Å². The molecular weight excluding hydrogens is 363 g/mol. The maximum Gasteiger partial charge on any atom is 1.00 e. The molecule has 2 aromatic rings. The minimum absolute atomic E-state index is 0. The molecule has 26 heavy (non-hydrogen) atoms. The van der Waals surface area contributed by atoms with Crippen LogP contribution < -0.4 is 39.4 Å². The average Bonchev–Trinajstić information content (AvgIpc) is 2.56. The minimum Gasteiger partial charge on any atom is -0.872 e. The SMILES string of the molecule is CCCCCCCc1cc(Oc2ccc([O-])cc2)cc(S(=O)(=O)O)c1.[Na+]. The van der Waals surface area contributed by atoms with Crippen molar-refractivity contribution < 1.29 is 52.4 Å². The normalized spacial score (nSPS) is 11.0. The van der Waals surface area contributed by atoms with E-state index in [1.807, 2.05) is 0 Å². The Morgan fingerprint density at radius 3 is 2.23 bits per heavy atom. The van der Waals surface area contributed by atoms with Crippen molar-refractivity contribution >= 4 is 10.1 Å². The molecule has 0 spiro atoms. The van der Waals surface area contributed by atoms with Crippen LogP contribution in [-0.4, -0.2) is 13.0 Å². The summed E-state index contributed by atoms with van der Waals surface area (Å²) in [5, 5.41) is 11.1. The fourth-order valence-corrected chi connectivity index (χ4v) is 3.12. The van der Waals surface area contributed by atoms with Gasteiger partial charge in [0.2, 0.25) is 0 Å². The van der Waals surface area contributed by atoms with Crippen molar-refractivity contribution in [3.05, 3.63) is 48.0 Å². The molecule has 0 aromatic heterocycles. The molecule has 0 heterocycles. The smallest absolute Gasteiger partial charge is 0.872 e. The Morgan fingerprint density at radius 2 is 1.62 bits per heavy atom. The maximum atomic E-state index is 11.5. The van der Waals surface area contributed by atoms with Gasteiger partial charge in [-0.1, -0.05) is 44.7 Å². The second-order valence-corrected chi connectivity index (χ2v) is 7.45. The summed E-state index contributed by atoms with van der Waals surface area (Å²) < 4.78 is 38.0. The van der Waals surface area contributed by atoms with Gasteiger partial charge in [-0.15, -0.1) is 5.75 Å². The fraction of sp³-hybridized carbons (Fsp3) is 0.368. The minimum atomic E-state index is -4.32. The second-order valence-electron chi connectivity index (χ2n) is 6.03. The monoisotopic (exact) mass is 386 g/mol. The molecule has 2 rings (SSSR count). The van der Waals surface area contributed by atoms with Crippen LogP contribution in [0.25, 0.3) is 0 Å². The van der Waals surface area contributed by atoms with Gasteiger partial charge < -0.3 is 9.84 Å². The van der Waals surface area contributed by atoms with Crippen LogP contribution in [0.5, 0.6) is 17.2 Å². The Labute approximate surface area is 177 Å². The van der Waals surface area contributed by atoms with Crippen LogP contribution in [0.15, 0.2) is 47.4 Å². The first-order valence-electron chi connectivity index (χ1n) is 8.45. The summed E-state index contributed by atoms with van der Waals surface area (Å²) in [6.07, 6.45) is 6.24. The van der Waals surface area contributed by atoms with Gasteiger partial charge in [0, 0.05) is 6.07 Å². The summed E-state index contributed by atoms with van der Waals surface area (Å²) in [4.78, 5) is -0.186. The molecule has 136 valence electrons. The number of unbranched alkanes of at least 4 members (excludes halogenated alkanes) is 4. The number of benzene rings is 2. The number of hydrogen-bond donors (Lipinski definition) is 1. The van der Waals surface area contributed by atoms with E-state index >= 15 is 0 Å². The van der Waals surface area contributed by atoms with Crippen LogP contribution in [0.4, 0.5) is 0 Å². The average molecular weight is 386 g/mol. The molecule has 7 heteroatoms. The van der Waals surface area contributed by atoms with Crippen LogP contribution in [0.3, 0.4) is 0 Å². The van der Waals surface area contributed by atoms with Crippen molar-refractivity contribution in [2.24, 2.45) is 0 Å². The van der Waals surface area contributed by atoms with Gasteiger partial charge >= 0.3 is 29.6 Å². The van der Waals surface area contributed by atoms with Gasteiger partial charge in [-0.2, -0.15) is 8.42 Å². The molecule has 0 fully saturated rings. The van der Waals surface area contributed by atoms with Gasteiger partial charge in [-0.05, 0) is 42.7 Å². The third-order valence-electron chi connectivity index (χ3n) is 3.87. The second kappa shape index (κ2) is 10.9. The molecule has 0 atom stereocenters. The van der Waals surface area contributed by atoms with Gasteiger partial charge in [0.15, 0.2) is 0 Å². The molecule has 5 nitrogen and oxygen atoms in total. The van der Waals surface area contributed by atoms with Crippen molar-refractivity contribution in [2.45, 2.75) is 50.3 Å². The predicted molar refractivity (Wildman–Crippen MR) is 94.7 cm³/mol. The van der Waals surface area contributed by atoms with Gasteiger partial charge in [-0.3, -0.25) is 4.55 Å². The van der Waals surface area contributed by atoms with Crippen LogP contribution in [0.1, 0.15) is 44.6 Å². The van der Waals surface area contributed by atoms with E-state index in [2.05, 4.69) is 6.92 Å². The topological polar surface area (TPSA) is 86.7 Å². The molecule has 0 bridgehead atoms. The van der Waals surface area contributed by atoms with Crippen molar-refractivity contribution in [2.75, 3.05) is 0 Å². The van der Waals surface area contributed by atoms with Gasteiger partial charge in [0.1, 0.15) is 11.5 Å². The molecule has 0 saturated carbocycles. The third-order valence-corrected chi connectivity index (χ3v) is 4.70. The molecule has 2 aromatic carbocycles. The molecule has 0 aliphatic heterocycles. The fourth-order valence-electron chi connectivity index (χ4n) is 2.56. The molecule has 1 N–H and O–H groups in total. The van der Waals surface area contributed by atoms with E-state index in [9.17, 15) is 18.1 Å². The van der Waals surface area contributed by atoms with E-state index in [-0.39, 0.29) is 40.2 Å². The summed E-state index contributed by atoms with van der Waals surface area (Å²) in [5.74, 6) is 0.616. The Morgan fingerprint density at radius 1 is 0.962 bits per heavy atom. The third kappa shape index (κ3) is 7.68. The van der Waals surface area contributed by atoms with E-state index < -0.39 is 10.1 Å². The van der Waals surface area contributed by atoms with Crippen molar-refractivity contribution in [1.29, 1.82) is 0 Å². The molecule has 0 saturated heterocycles. The summed E-state index contributed by atoms with van der Waals surface area (Å²) in [6, 6.07) is 10.3. The van der Waals surface area contributed by atoms with Crippen LogP contribution in [-0.2, 0) is 16.5 Å². The first-order chi connectivity index (χ1) is 11.9. The molecule has 0 unspecified atom stereocenters. The van der Waals surface area contributed by atoms with E-state index in [0.29, 0.717) is 17.9 Å². The Kier molecular flexibility index (Phi) is 9.68. The summed E-state index contributed by atoms with van der Waals surface area (Å²) in [7, 11) is -4.32. The first-order valence-corrected chi connectivity index (χ1v) is 9.89. The quantitative estimate of drug-likeness (QED) is 0.399. The molecule has 0 aliphatic carbocycles. The van der Waals surface area contributed by atoms with E-state index in [4.69, 9.17) is 4.74 Å². The van der Waals surface area contributed by atoms with Crippen molar-refractivity contribution in [3.8, 4) is 17.2 Å². The van der Waals surface area contributed by atoms with Crippen molar-refractivity contribution in [3.63, 3.8) is 0 Å². The Bertz CT molecular complexity index is 788. The molecule has 0 amide bonds. The molecule has 0 radical (unpaired) electrons. The number of aryl methyl sites for hydroxylation is 1. The van der Waals surface area contributed by atoms with Gasteiger partial charge in [-0.25, -0.2) is 0 Å². The predicted octanol–water partition coefficient (Wildman–Crippen LogP) is 1.32. The molecular formula is C19H23NaO5S. The zero-order chi connectivity index (χ0) is 18.3. The van der Waals surface area contributed by atoms with E-state index in [1.54, 1.807) is 6.07 Å². The maximum absolute atomic E-state index is 11.5. The first kappa shape index (κ1) is 23.0. The zero-order valence-corrected chi connectivity index (χ0v) is 18.1. The summed E-state index contributed by atoms with van der Waals surface area (Å²) in [5.41, 5.74) is 0.794. The number of rotatable bonds is 9. The van der Waals surface area contributed by atoms with Crippen LogP contribution in [0, 0.1) is 0 Å².